The van der Waals surface area contributed by atoms with Crippen LogP contribution in [-0.4, -0.2) is 104 Å². The van der Waals surface area contributed by atoms with Gasteiger partial charge in [0.25, 0.3) is 17.7 Å². The molecule has 3 fully saturated rings. The van der Waals surface area contributed by atoms with Crippen LogP contribution in [0.3, 0.4) is 0 Å². The van der Waals surface area contributed by atoms with Gasteiger partial charge in [0.15, 0.2) is 11.2 Å². The topological polar surface area (TPSA) is 136 Å². The summed E-state index contributed by atoms with van der Waals surface area (Å²) in [5.41, 5.74) is 5.36. The highest BCUT2D eigenvalue weighted by atomic mass is 32.1. The predicted octanol–water partition coefficient (Wildman–Crippen LogP) is 5.98. The third-order valence-electron chi connectivity index (χ3n) is 13.3. The number of nitrogens with one attached hydrogen (secondary N) is 2. The summed E-state index contributed by atoms with van der Waals surface area (Å²) in [5, 5.41) is 7.36. The average Bonchev–Trinajstić information content (AvgIpc) is 4.09. The van der Waals surface area contributed by atoms with Gasteiger partial charge in [0.05, 0.1) is 37.1 Å². The lowest BCUT2D eigenvalue weighted by Gasteiger charge is -2.47. The second-order valence-corrected chi connectivity index (χ2v) is 18.0. The molecule has 63 heavy (non-hydrogen) atoms. The Bertz CT molecular complexity index is 2580. The van der Waals surface area contributed by atoms with Crippen molar-refractivity contribution in [2.75, 3.05) is 49.5 Å². The molecule has 3 saturated heterocycles. The van der Waals surface area contributed by atoms with E-state index in [0.717, 1.165) is 29.8 Å². The van der Waals surface area contributed by atoms with Gasteiger partial charge in [-0.1, -0.05) is 36.4 Å². The van der Waals surface area contributed by atoms with E-state index in [0.29, 0.717) is 92.6 Å². The molecule has 4 amide bonds. The van der Waals surface area contributed by atoms with Crippen molar-refractivity contribution >= 4 is 45.8 Å². The maximum atomic E-state index is 16.0. The molecule has 0 saturated carbocycles. The fraction of sp³-hybridized carbons (Fsp3) is 0.391. The van der Waals surface area contributed by atoms with Crippen LogP contribution in [0.25, 0.3) is 11.1 Å². The second-order valence-electron chi connectivity index (χ2n) is 17.1. The summed E-state index contributed by atoms with van der Waals surface area (Å²) in [7, 11) is 0. The van der Waals surface area contributed by atoms with Crippen molar-refractivity contribution in [2.45, 2.75) is 75.7 Å². The Kier molecular flexibility index (Phi) is 10.9. The smallest absolute Gasteiger partial charge is 0.280 e. The summed E-state index contributed by atoms with van der Waals surface area (Å²) < 4.78 is 49.9. The summed E-state index contributed by atoms with van der Waals surface area (Å²) in [4.78, 5) is 68.0. The number of hydrogen-bond donors (Lipinski definition) is 2. The number of thiazole rings is 1. The maximum Gasteiger partial charge on any atom is 0.280 e. The predicted molar refractivity (Wildman–Crippen MR) is 230 cm³/mol. The summed E-state index contributed by atoms with van der Waals surface area (Å²) >= 11 is 1.25. The van der Waals surface area contributed by atoms with E-state index in [1.807, 2.05) is 33.7 Å². The minimum atomic E-state index is -2.96. The number of carbonyl (C=O) groups is 4. The molecule has 0 spiro atoms. The van der Waals surface area contributed by atoms with Gasteiger partial charge in [-0.15, -0.1) is 11.3 Å². The molecule has 5 aromatic rings. The van der Waals surface area contributed by atoms with Crippen molar-refractivity contribution in [1.82, 2.24) is 34.6 Å². The highest BCUT2D eigenvalue weighted by Crippen LogP contribution is 2.39. The van der Waals surface area contributed by atoms with Crippen LogP contribution in [0.1, 0.15) is 76.1 Å². The quantitative estimate of drug-likeness (QED) is 0.163. The largest absolute Gasteiger partial charge is 0.365 e. The number of aryl methyl sites for hydroxylation is 1. The Hall–Kier alpha value is -5.91. The number of carbonyl (C=O) groups excluding carboxylic acids is 4. The van der Waals surface area contributed by atoms with Crippen molar-refractivity contribution < 1.29 is 32.3 Å². The van der Waals surface area contributed by atoms with Crippen LogP contribution in [0.5, 0.6) is 0 Å². The fourth-order valence-corrected chi connectivity index (χ4v) is 10.6. The van der Waals surface area contributed by atoms with Crippen molar-refractivity contribution in [1.29, 1.82) is 0 Å². The summed E-state index contributed by atoms with van der Waals surface area (Å²) in [6.45, 7) is 3.64. The van der Waals surface area contributed by atoms with Gasteiger partial charge in [-0.05, 0) is 72.2 Å². The molecule has 7 heterocycles. The Morgan fingerprint density at radius 1 is 0.937 bits per heavy atom. The van der Waals surface area contributed by atoms with E-state index >= 15 is 13.2 Å². The van der Waals surface area contributed by atoms with Crippen LogP contribution in [0.15, 0.2) is 78.6 Å². The number of imide groups is 1. The third kappa shape index (κ3) is 8.01. The van der Waals surface area contributed by atoms with E-state index < -0.39 is 42.2 Å². The highest BCUT2D eigenvalue weighted by molar-refractivity contribution is 7.13. The number of amides is 4. The van der Waals surface area contributed by atoms with Gasteiger partial charge in [-0.25, -0.2) is 23.1 Å². The molecule has 0 aliphatic carbocycles. The van der Waals surface area contributed by atoms with E-state index in [2.05, 4.69) is 25.5 Å². The molecule has 2 N–H and O–H groups in total. The zero-order valence-electron chi connectivity index (χ0n) is 34.4. The van der Waals surface area contributed by atoms with Crippen LogP contribution in [0.2, 0.25) is 0 Å². The number of piperidine rings is 2. The molecule has 3 unspecified atom stereocenters. The first-order valence-corrected chi connectivity index (χ1v) is 22.4. The molecular weight excluding hydrogens is 832 g/mol. The molecule has 5 aliphatic heterocycles. The van der Waals surface area contributed by atoms with Gasteiger partial charge in [-0.3, -0.25) is 39.6 Å². The van der Waals surface area contributed by atoms with Gasteiger partial charge < -0.3 is 14.4 Å². The number of hydrogen-bond acceptors (Lipinski definition) is 10. The van der Waals surface area contributed by atoms with E-state index in [1.54, 1.807) is 53.1 Å². The zero-order chi connectivity index (χ0) is 43.4. The lowest BCUT2D eigenvalue weighted by atomic mass is 9.89. The maximum absolute atomic E-state index is 16.0. The number of anilines is 2. The van der Waals surface area contributed by atoms with Crippen LogP contribution in [0.4, 0.5) is 24.0 Å². The molecule has 0 radical (unpaired) electrons. The Balaban J connectivity index is 0.777. The number of imidazole rings is 1. The first kappa shape index (κ1) is 41.1. The molecule has 13 nitrogen and oxygen atoms in total. The van der Waals surface area contributed by atoms with Gasteiger partial charge in [0, 0.05) is 86.3 Å². The number of halogens is 3. The second kappa shape index (κ2) is 16.7. The van der Waals surface area contributed by atoms with Crippen LogP contribution < -0.4 is 15.5 Å². The van der Waals surface area contributed by atoms with Gasteiger partial charge in [-0.2, -0.15) is 0 Å². The van der Waals surface area contributed by atoms with Crippen molar-refractivity contribution in [3.63, 3.8) is 0 Å². The molecule has 5 aliphatic rings. The molecule has 3 atom stereocenters. The molecule has 17 heteroatoms. The molecule has 326 valence electrons. The minimum absolute atomic E-state index is 0.107. The normalized spacial score (nSPS) is 21.9. The van der Waals surface area contributed by atoms with Crippen molar-refractivity contribution in [2.24, 2.45) is 0 Å². The summed E-state index contributed by atoms with van der Waals surface area (Å²) in [5.74, 6) is -5.36. The third-order valence-corrected chi connectivity index (χ3v) is 14.0. The fourth-order valence-electron chi connectivity index (χ4n) is 10.0. The van der Waals surface area contributed by atoms with E-state index in [-0.39, 0.29) is 35.4 Å². The Morgan fingerprint density at radius 3 is 2.52 bits per heavy atom. The number of benzene rings is 3. The van der Waals surface area contributed by atoms with Crippen LogP contribution in [-0.2, 0) is 40.4 Å². The van der Waals surface area contributed by atoms with Crippen molar-refractivity contribution in [3.05, 3.63) is 118 Å². The molecule has 3 aromatic carbocycles. The van der Waals surface area contributed by atoms with Gasteiger partial charge >= 0.3 is 0 Å². The lowest BCUT2D eigenvalue weighted by molar-refractivity contribution is -0.134. The minimum Gasteiger partial charge on any atom is -0.365 e. The number of rotatable bonds is 10. The van der Waals surface area contributed by atoms with E-state index in [4.69, 9.17) is 0 Å². The Morgan fingerprint density at radius 2 is 1.76 bits per heavy atom. The molecular formula is C46H46F3N9O4S. The first-order chi connectivity index (χ1) is 30.5. The summed E-state index contributed by atoms with van der Waals surface area (Å²) in [6, 6.07) is 15.9. The highest BCUT2D eigenvalue weighted by Gasteiger charge is 2.48. The van der Waals surface area contributed by atoms with Crippen LogP contribution in [0, 0.1) is 5.82 Å². The first-order valence-electron chi connectivity index (χ1n) is 21.5. The zero-order valence-corrected chi connectivity index (χ0v) is 35.3. The number of fused-ring (bicyclic) bond motifs is 2. The van der Waals surface area contributed by atoms with Gasteiger partial charge in [0.2, 0.25) is 11.8 Å². The van der Waals surface area contributed by atoms with E-state index in [9.17, 15) is 19.2 Å². The molecule has 0 bridgehead atoms. The standard InChI is InChI=1S/C46H46F3N9O4S/c47-36-23-31(22-34-35(36)25-58(44(34)62)41(43(61)53-45-50-13-20-63-45)40-37-5-2-14-57(37)27-51-40)29-6-8-32(9-7-29)56-15-12-38(46(48,49)26-56)55-18-16-54(17-19-55)24-28-3-1-4-30(21-28)33-10-11-39(59)52-42(33)60/h1,3-4,6-9,13,20-23,27,33,38,41H,2,5,10-12,14-19,24-26H2,(H,50,53,61)(H,52,59,60). The van der Waals surface area contributed by atoms with E-state index in [1.165, 1.54) is 22.3 Å². The number of piperazine rings is 1. The number of nitrogens with zero attached hydrogens (tertiary/aromatic N) is 7. The van der Waals surface area contributed by atoms with Crippen molar-refractivity contribution in [3.8, 4) is 11.1 Å². The molecule has 10 rings (SSSR count). The van der Waals surface area contributed by atoms with Crippen LogP contribution >= 0.6 is 11.3 Å². The lowest BCUT2D eigenvalue weighted by Crippen LogP contribution is -2.61. The Labute approximate surface area is 365 Å². The van der Waals surface area contributed by atoms with Gasteiger partial charge in [0.1, 0.15) is 5.82 Å². The number of aromatic nitrogens is 3. The monoisotopic (exact) mass is 877 g/mol. The SMILES string of the molecule is O=C1CCC(c2cccc(CN3CCN(C4CCN(c5ccc(-c6cc(F)c7c(c6)C(=O)N(C(C(=O)Nc6nccs6)c6ncn8c6CCC8)C7)cc5)CC4(F)F)CC3)c2)C(=O)N1. The molecule has 2 aromatic heterocycles. The number of alkyl halides is 2. The average molecular weight is 878 g/mol. The summed E-state index contributed by atoms with van der Waals surface area (Å²) in [6.07, 6.45) is 5.96.